The molecule has 1 amide bonds. The fraction of sp³-hybridized carbons (Fsp3) is 0.333. The van der Waals surface area contributed by atoms with Crippen molar-refractivity contribution in [2.45, 2.75) is 26.4 Å². The van der Waals surface area contributed by atoms with Crippen molar-refractivity contribution in [1.29, 1.82) is 0 Å². The van der Waals surface area contributed by atoms with Crippen molar-refractivity contribution in [3.05, 3.63) is 35.9 Å². The van der Waals surface area contributed by atoms with Crippen LogP contribution in [0.15, 0.2) is 24.7 Å². The number of nitrogens with zero attached hydrogens (tertiary/aromatic N) is 4. The molecule has 19 heavy (non-hydrogen) atoms. The number of nitrogens with two attached hydrogens (primary N) is 1. The van der Waals surface area contributed by atoms with Gasteiger partial charge in [-0.05, 0) is 6.07 Å². The molecule has 0 fully saturated rings. The number of carbonyl (C=O) groups excluding carboxylic acids is 1. The Hall–Kier alpha value is -2.28. The molecule has 2 rings (SSSR count). The zero-order chi connectivity index (χ0) is 13.8. The normalized spacial score (nSPS) is 10.9. The first-order valence-corrected chi connectivity index (χ1v) is 5.96. The molecule has 0 aromatic carbocycles. The van der Waals surface area contributed by atoms with Crippen LogP contribution < -0.4 is 11.1 Å². The number of hydrogen-bond donors (Lipinski definition) is 2. The van der Waals surface area contributed by atoms with Crippen molar-refractivity contribution in [1.82, 2.24) is 25.1 Å². The summed E-state index contributed by atoms with van der Waals surface area (Å²) in [6, 6.07) is 1.93. The molecular weight excluding hydrogens is 244 g/mol. The largest absolute Gasteiger partial charge is 0.364 e. The van der Waals surface area contributed by atoms with Gasteiger partial charge in [-0.15, -0.1) is 0 Å². The topological polar surface area (TPSA) is 98.7 Å². The van der Waals surface area contributed by atoms with Gasteiger partial charge in [-0.2, -0.15) is 5.10 Å². The molecule has 3 N–H and O–H groups in total. The molecule has 0 spiro atoms. The maximum absolute atomic E-state index is 10.9. The molecule has 0 unspecified atom stereocenters. The number of rotatable bonds is 5. The lowest BCUT2D eigenvalue weighted by Gasteiger charge is -2.07. The molecule has 0 bridgehead atoms. The second-order valence-electron chi connectivity index (χ2n) is 4.44. The van der Waals surface area contributed by atoms with Gasteiger partial charge in [0.1, 0.15) is 5.69 Å². The zero-order valence-electron chi connectivity index (χ0n) is 10.9. The molecule has 0 saturated carbocycles. The Morgan fingerprint density at radius 1 is 1.42 bits per heavy atom. The Morgan fingerprint density at radius 3 is 2.63 bits per heavy atom. The summed E-state index contributed by atoms with van der Waals surface area (Å²) in [7, 11) is 0. The summed E-state index contributed by atoms with van der Waals surface area (Å²) < 4.78 is 1.42. The minimum atomic E-state index is -0.573. The number of nitrogens with one attached hydrogen (secondary N) is 1. The predicted molar refractivity (Wildman–Crippen MR) is 69.6 cm³/mol. The number of hydrogen-bond acceptors (Lipinski definition) is 5. The van der Waals surface area contributed by atoms with Crippen molar-refractivity contribution in [2.24, 2.45) is 5.73 Å². The van der Waals surface area contributed by atoms with Gasteiger partial charge >= 0.3 is 0 Å². The van der Waals surface area contributed by atoms with E-state index in [0.717, 1.165) is 5.56 Å². The smallest absolute Gasteiger partial charge is 0.269 e. The molecule has 0 aliphatic carbocycles. The van der Waals surface area contributed by atoms with E-state index in [9.17, 15) is 4.79 Å². The predicted octanol–water partition coefficient (Wildman–Crippen LogP) is 0.259. The molecule has 0 saturated heterocycles. The van der Waals surface area contributed by atoms with Crippen molar-refractivity contribution in [2.75, 3.05) is 0 Å². The average Bonchev–Trinajstić information content (AvgIpc) is 2.86. The summed E-state index contributed by atoms with van der Waals surface area (Å²) in [6.45, 7) is 4.86. The first kappa shape index (κ1) is 13.2. The van der Waals surface area contributed by atoms with Gasteiger partial charge in [-0.25, -0.2) is 14.6 Å². The maximum Gasteiger partial charge on any atom is 0.269 e. The fourth-order valence-electron chi connectivity index (χ4n) is 1.45. The van der Waals surface area contributed by atoms with E-state index in [1.54, 1.807) is 18.6 Å². The summed E-state index contributed by atoms with van der Waals surface area (Å²) in [6.07, 6.45) is 5.05. The fourth-order valence-corrected chi connectivity index (χ4v) is 1.45. The van der Waals surface area contributed by atoms with Crippen molar-refractivity contribution in [3.63, 3.8) is 0 Å². The lowest BCUT2D eigenvalue weighted by molar-refractivity contribution is 0.0995. The quantitative estimate of drug-likeness (QED) is 0.803. The summed E-state index contributed by atoms with van der Waals surface area (Å²) in [5.41, 5.74) is 6.31. The van der Waals surface area contributed by atoms with Crippen LogP contribution >= 0.6 is 0 Å². The van der Waals surface area contributed by atoms with E-state index >= 15 is 0 Å². The van der Waals surface area contributed by atoms with Crippen LogP contribution in [0.5, 0.6) is 0 Å². The van der Waals surface area contributed by atoms with Gasteiger partial charge in [0.05, 0.1) is 0 Å². The van der Waals surface area contributed by atoms with Crippen LogP contribution in [-0.4, -0.2) is 31.7 Å². The second kappa shape index (κ2) is 5.57. The molecule has 0 atom stereocenters. The van der Waals surface area contributed by atoms with Gasteiger partial charge in [0.15, 0.2) is 0 Å². The second-order valence-corrected chi connectivity index (χ2v) is 4.44. The Labute approximate surface area is 110 Å². The number of amides is 1. The molecule has 0 radical (unpaired) electrons. The highest BCUT2D eigenvalue weighted by Crippen LogP contribution is 2.03. The van der Waals surface area contributed by atoms with E-state index in [-0.39, 0.29) is 5.69 Å². The van der Waals surface area contributed by atoms with Crippen LogP contribution in [0.2, 0.25) is 0 Å². The Kier molecular flexibility index (Phi) is 3.86. The van der Waals surface area contributed by atoms with Gasteiger partial charge < -0.3 is 11.1 Å². The summed E-state index contributed by atoms with van der Waals surface area (Å²) >= 11 is 0. The van der Waals surface area contributed by atoms with E-state index in [1.807, 2.05) is 0 Å². The molecular formula is C12H16N6O. The minimum Gasteiger partial charge on any atom is -0.364 e. The van der Waals surface area contributed by atoms with Crippen LogP contribution in [0.4, 0.5) is 0 Å². The highest BCUT2D eigenvalue weighted by molar-refractivity contribution is 5.90. The molecule has 2 heterocycles. The van der Waals surface area contributed by atoms with Crippen molar-refractivity contribution in [3.8, 4) is 5.95 Å². The van der Waals surface area contributed by atoms with Gasteiger partial charge in [-0.1, -0.05) is 13.8 Å². The van der Waals surface area contributed by atoms with E-state index in [1.165, 1.54) is 10.7 Å². The third-order valence-electron chi connectivity index (χ3n) is 2.45. The molecule has 2 aromatic heterocycles. The summed E-state index contributed by atoms with van der Waals surface area (Å²) in [5, 5.41) is 7.26. The van der Waals surface area contributed by atoms with Crippen molar-refractivity contribution >= 4 is 5.91 Å². The molecule has 7 heteroatoms. The van der Waals surface area contributed by atoms with E-state index in [2.05, 4.69) is 34.2 Å². The number of carbonyl (C=O) groups is 1. The Balaban J connectivity index is 2.10. The number of primary amides is 1. The number of aromatic nitrogens is 4. The zero-order valence-corrected chi connectivity index (χ0v) is 10.9. The van der Waals surface area contributed by atoms with Crippen LogP contribution in [0, 0.1) is 0 Å². The molecule has 100 valence electrons. The van der Waals surface area contributed by atoms with E-state index in [4.69, 9.17) is 5.73 Å². The van der Waals surface area contributed by atoms with Gasteiger partial charge in [0, 0.05) is 36.7 Å². The van der Waals surface area contributed by atoms with Gasteiger partial charge in [0.2, 0.25) is 5.95 Å². The highest BCUT2D eigenvalue weighted by Gasteiger charge is 2.07. The third kappa shape index (κ3) is 3.35. The van der Waals surface area contributed by atoms with Crippen molar-refractivity contribution < 1.29 is 4.79 Å². The van der Waals surface area contributed by atoms with E-state index < -0.39 is 5.91 Å². The Morgan fingerprint density at radius 2 is 2.11 bits per heavy atom. The van der Waals surface area contributed by atoms with E-state index in [0.29, 0.717) is 18.5 Å². The molecule has 7 nitrogen and oxygen atoms in total. The van der Waals surface area contributed by atoms with Crippen LogP contribution in [0.3, 0.4) is 0 Å². The Bertz CT molecular complexity index is 560. The monoisotopic (exact) mass is 260 g/mol. The van der Waals surface area contributed by atoms with Crippen LogP contribution in [-0.2, 0) is 6.54 Å². The van der Waals surface area contributed by atoms with Crippen LogP contribution in [0.25, 0.3) is 5.95 Å². The van der Waals surface area contributed by atoms with Gasteiger partial charge in [0.25, 0.3) is 5.91 Å². The SMILES string of the molecule is CC(C)NCc1cnc(-n2ccc(C(N)=O)n2)nc1. The van der Waals surface area contributed by atoms with Crippen LogP contribution in [0.1, 0.15) is 29.9 Å². The summed E-state index contributed by atoms with van der Waals surface area (Å²) in [5.74, 6) is -0.169. The third-order valence-corrected chi connectivity index (χ3v) is 2.45. The highest BCUT2D eigenvalue weighted by atomic mass is 16.1. The molecule has 0 aliphatic heterocycles. The first-order valence-electron chi connectivity index (χ1n) is 5.96. The lowest BCUT2D eigenvalue weighted by atomic mass is 10.3. The maximum atomic E-state index is 10.9. The summed E-state index contributed by atoms with van der Waals surface area (Å²) in [4.78, 5) is 19.3. The average molecular weight is 260 g/mol. The molecule has 2 aromatic rings. The molecule has 0 aliphatic rings. The first-order chi connectivity index (χ1) is 9.06. The van der Waals surface area contributed by atoms with Gasteiger partial charge in [-0.3, -0.25) is 4.79 Å². The standard InChI is InChI=1S/C12H16N6O/c1-8(2)14-5-9-6-15-12(16-7-9)18-4-3-10(17-18)11(13)19/h3-4,6-8,14H,5H2,1-2H3,(H2,13,19). The minimum absolute atomic E-state index is 0.189. The lowest BCUT2D eigenvalue weighted by Crippen LogP contribution is -2.22.